The summed E-state index contributed by atoms with van der Waals surface area (Å²) in [6.07, 6.45) is 1.69. The minimum Gasteiger partial charge on any atom is -0.316 e. The highest BCUT2D eigenvalue weighted by atomic mass is 32.2. The van der Waals surface area contributed by atoms with Gasteiger partial charge in [0.05, 0.1) is 10.6 Å². The number of nitrogens with one attached hydrogen (secondary N) is 1. The van der Waals surface area contributed by atoms with Crippen molar-refractivity contribution in [1.29, 1.82) is 0 Å². The molecule has 0 saturated heterocycles. The van der Waals surface area contributed by atoms with E-state index in [1.54, 1.807) is 47.9 Å². The summed E-state index contributed by atoms with van der Waals surface area (Å²) in [4.78, 5) is 0.290. The van der Waals surface area contributed by atoms with Crippen LogP contribution < -0.4 is 5.32 Å². The quantitative estimate of drug-likeness (QED) is 0.781. The maximum Gasteiger partial charge on any atom is 0.268 e. The van der Waals surface area contributed by atoms with E-state index < -0.39 is 10.0 Å². The predicted octanol–water partition coefficient (Wildman–Crippen LogP) is 3.17. The van der Waals surface area contributed by atoms with E-state index in [2.05, 4.69) is 5.32 Å². The second kappa shape index (κ2) is 6.08. The van der Waals surface area contributed by atoms with Gasteiger partial charge in [0.25, 0.3) is 10.0 Å². The van der Waals surface area contributed by atoms with Crippen molar-refractivity contribution >= 4 is 21.4 Å². The second-order valence-corrected chi connectivity index (χ2v) is 7.48. The van der Waals surface area contributed by atoms with Crippen LogP contribution >= 0.6 is 11.3 Å². The fourth-order valence-electron chi connectivity index (χ4n) is 2.32. The van der Waals surface area contributed by atoms with Gasteiger partial charge in [-0.2, -0.15) is 11.3 Å². The van der Waals surface area contributed by atoms with Crippen LogP contribution in [0.2, 0.25) is 0 Å². The summed E-state index contributed by atoms with van der Waals surface area (Å²) < 4.78 is 27.2. The fraction of sp³-hybridized carbons (Fsp3) is 0.125. The fourth-order valence-corrected chi connectivity index (χ4v) is 4.39. The summed E-state index contributed by atoms with van der Waals surface area (Å²) in [5.41, 5.74) is 2.53. The molecule has 0 fully saturated rings. The second-order valence-electron chi connectivity index (χ2n) is 4.89. The summed E-state index contributed by atoms with van der Waals surface area (Å²) >= 11 is 1.55. The minimum absolute atomic E-state index is 0.290. The van der Waals surface area contributed by atoms with Crippen molar-refractivity contribution in [3.8, 4) is 11.3 Å². The molecule has 4 nitrogen and oxygen atoms in total. The molecule has 1 aromatic carbocycles. The number of hydrogen-bond donors (Lipinski definition) is 1. The maximum absolute atomic E-state index is 12.9. The van der Waals surface area contributed by atoms with Crippen LogP contribution in [-0.4, -0.2) is 19.4 Å². The number of benzene rings is 1. The first-order chi connectivity index (χ1) is 10.6. The van der Waals surface area contributed by atoms with Gasteiger partial charge in [0.2, 0.25) is 0 Å². The van der Waals surface area contributed by atoms with Crippen LogP contribution in [0.1, 0.15) is 5.56 Å². The van der Waals surface area contributed by atoms with Crippen molar-refractivity contribution in [1.82, 2.24) is 9.29 Å². The van der Waals surface area contributed by atoms with Crippen LogP contribution in [-0.2, 0) is 16.6 Å². The van der Waals surface area contributed by atoms with E-state index >= 15 is 0 Å². The van der Waals surface area contributed by atoms with Crippen LogP contribution in [0.4, 0.5) is 0 Å². The van der Waals surface area contributed by atoms with E-state index in [0.717, 1.165) is 11.1 Å². The van der Waals surface area contributed by atoms with Crippen LogP contribution in [0.5, 0.6) is 0 Å². The Balaban J connectivity index is 2.17. The lowest BCUT2D eigenvalue weighted by atomic mass is 10.2. The average Bonchev–Trinajstić information content (AvgIpc) is 3.17. The molecular formula is C16H16N2O2S2. The molecule has 0 aliphatic heterocycles. The van der Waals surface area contributed by atoms with Crippen LogP contribution in [0.3, 0.4) is 0 Å². The summed E-state index contributed by atoms with van der Waals surface area (Å²) in [7, 11) is -1.76. The third kappa shape index (κ3) is 2.72. The average molecular weight is 332 g/mol. The Morgan fingerprint density at radius 3 is 2.59 bits per heavy atom. The molecule has 0 aliphatic rings. The van der Waals surface area contributed by atoms with Gasteiger partial charge in [-0.05, 0) is 42.3 Å². The SMILES string of the molecule is CNCc1cc(-c2ccsc2)n(S(=O)(=O)c2ccccc2)c1. The smallest absolute Gasteiger partial charge is 0.268 e. The highest BCUT2D eigenvalue weighted by Gasteiger charge is 2.21. The van der Waals surface area contributed by atoms with Gasteiger partial charge in [0.1, 0.15) is 0 Å². The van der Waals surface area contributed by atoms with Crippen molar-refractivity contribution in [2.24, 2.45) is 0 Å². The standard InChI is InChI=1S/C16H16N2O2S2/c1-17-10-13-9-16(14-7-8-21-12-14)18(11-13)22(19,20)15-5-3-2-4-6-15/h2-9,11-12,17H,10H2,1H3. The Labute approximate surface area is 134 Å². The van der Waals surface area contributed by atoms with E-state index in [4.69, 9.17) is 0 Å². The van der Waals surface area contributed by atoms with Crippen LogP contribution in [0, 0.1) is 0 Å². The highest BCUT2D eigenvalue weighted by molar-refractivity contribution is 7.90. The Hall–Kier alpha value is -1.89. The molecule has 0 saturated carbocycles. The number of nitrogens with zero attached hydrogens (tertiary/aromatic N) is 1. The van der Waals surface area contributed by atoms with Crippen LogP contribution in [0.15, 0.2) is 64.3 Å². The lowest BCUT2D eigenvalue weighted by molar-refractivity contribution is 0.588. The van der Waals surface area contributed by atoms with Gasteiger partial charge in [-0.1, -0.05) is 18.2 Å². The molecule has 3 rings (SSSR count). The third-order valence-electron chi connectivity index (χ3n) is 3.34. The van der Waals surface area contributed by atoms with Gasteiger partial charge in [0, 0.05) is 23.7 Å². The largest absolute Gasteiger partial charge is 0.316 e. The van der Waals surface area contributed by atoms with Gasteiger partial charge in [-0.15, -0.1) is 0 Å². The molecule has 0 unspecified atom stereocenters. The van der Waals surface area contributed by atoms with E-state index in [9.17, 15) is 8.42 Å². The van der Waals surface area contributed by atoms with Crippen molar-refractivity contribution < 1.29 is 8.42 Å². The molecule has 0 radical (unpaired) electrons. The number of hydrogen-bond acceptors (Lipinski definition) is 4. The van der Waals surface area contributed by atoms with E-state index in [-0.39, 0.29) is 4.90 Å². The summed E-state index contributed by atoms with van der Waals surface area (Å²) in [5.74, 6) is 0. The molecule has 0 atom stereocenters. The maximum atomic E-state index is 12.9. The van der Waals surface area contributed by atoms with Gasteiger partial charge < -0.3 is 5.32 Å². The molecule has 114 valence electrons. The van der Waals surface area contributed by atoms with Gasteiger partial charge >= 0.3 is 0 Å². The molecule has 0 amide bonds. The normalized spacial score (nSPS) is 11.7. The first-order valence-electron chi connectivity index (χ1n) is 6.82. The highest BCUT2D eigenvalue weighted by Crippen LogP contribution is 2.28. The molecule has 3 aromatic rings. The molecule has 0 bridgehead atoms. The molecule has 0 spiro atoms. The Kier molecular flexibility index (Phi) is 4.15. The number of thiophene rings is 1. The summed E-state index contributed by atoms with van der Waals surface area (Å²) in [5, 5.41) is 6.95. The van der Waals surface area contributed by atoms with Crippen molar-refractivity contribution in [2.45, 2.75) is 11.4 Å². The van der Waals surface area contributed by atoms with E-state index in [1.165, 1.54) is 3.97 Å². The summed E-state index contributed by atoms with van der Waals surface area (Å²) in [6.45, 7) is 0.619. The number of rotatable bonds is 5. The molecule has 0 aliphatic carbocycles. The lowest BCUT2D eigenvalue weighted by Crippen LogP contribution is -2.13. The van der Waals surface area contributed by atoms with Crippen molar-refractivity contribution in [2.75, 3.05) is 7.05 Å². The third-order valence-corrected chi connectivity index (χ3v) is 5.71. The number of aromatic nitrogens is 1. The van der Waals surface area contributed by atoms with Gasteiger partial charge in [-0.25, -0.2) is 12.4 Å². The topological polar surface area (TPSA) is 51.1 Å². The summed E-state index contributed by atoms with van der Waals surface area (Å²) in [6, 6.07) is 12.3. The molecule has 22 heavy (non-hydrogen) atoms. The monoisotopic (exact) mass is 332 g/mol. The lowest BCUT2D eigenvalue weighted by Gasteiger charge is -2.09. The van der Waals surface area contributed by atoms with Crippen molar-refractivity contribution in [3.05, 3.63) is 65.0 Å². The zero-order chi connectivity index (χ0) is 15.6. The zero-order valence-electron chi connectivity index (χ0n) is 12.1. The zero-order valence-corrected chi connectivity index (χ0v) is 13.7. The molecule has 2 aromatic heterocycles. The first kappa shape index (κ1) is 15.0. The van der Waals surface area contributed by atoms with E-state index in [0.29, 0.717) is 12.2 Å². The van der Waals surface area contributed by atoms with Crippen molar-refractivity contribution in [3.63, 3.8) is 0 Å². The Morgan fingerprint density at radius 2 is 1.95 bits per heavy atom. The Bertz CT molecular complexity index is 851. The molecule has 2 heterocycles. The molecular weight excluding hydrogens is 316 g/mol. The molecule has 6 heteroatoms. The Morgan fingerprint density at radius 1 is 1.18 bits per heavy atom. The first-order valence-corrected chi connectivity index (χ1v) is 9.20. The molecule has 1 N–H and O–H groups in total. The predicted molar refractivity (Wildman–Crippen MR) is 89.5 cm³/mol. The minimum atomic E-state index is -3.60. The van der Waals surface area contributed by atoms with Gasteiger partial charge in [-0.3, -0.25) is 0 Å². The van der Waals surface area contributed by atoms with E-state index in [1.807, 2.05) is 29.9 Å². The van der Waals surface area contributed by atoms with Gasteiger partial charge in [0.15, 0.2) is 0 Å². The van der Waals surface area contributed by atoms with Crippen LogP contribution in [0.25, 0.3) is 11.3 Å².